The van der Waals surface area contributed by atoms with Crippen LogP contribution in [-0.4, -0.2) is 15.6 Å². The average Bonchev–Trinajstić information content (AvgIpc) is 3.21. The SMILES string of the molecule is N#CC(NC1CCCCCC1)c1cncn1C1CC1. The van der Waals surface area contributed by atoms with E-state index < -0.39 is 0 Å². The molecule has 1 aromatic rings. The van der Waals surface area contributed by atoms with Crippen LogP contribution in [0, 0.1) is 11.3 Å². The van der Waals surface area contributed by atoms with Crippen LogP contribution in [0.5, 0.6) is 0 Å². The Morgan fingerprint density at radius 1 is 1.21 bits per heavy atom. The molecule has 19 heavy (non-hydrogen) atoms. The van der Waals surface area contributed by atoms with Crippen LogP contribution in [-0.2, 0) is 0 Å². The van der Waals surface area contributed by atoms with Crippen molar-refractivity contribution < 1.29 is 0 Å². The highest BCUT2D eigenvalue weighted by Gasteiger charge is 2.28. The third kappa shape index (κ3) is 2.98. The average molecular weight is 258 g/mol. The van der Waals surface area contributed by atoms with Crippen LogP contribution in [0.2, 0.25) is 0 Å². The van der Waals surface area contributed by atoms with Gasteiger partial charge in [0.2, 0.25) is 0 Å². The molecule has 0 bridgehead atoms. The smallest absolute Gasteiger partial charge is 0.138 e. The molecule has 1 N–H and O–H groups in total. The van der Waals surface area contributed by atoms with E-state index >= 15 is 0 Å². The van der Waals surface area contributed by atoms with Gasteiger partial charge in [0.05, 0.1) is 24.3 Å². The minimum atomic E-state index is -0.203. The minimum Gasteiger partial charge on any atom is -0.329 e. The third-order valence-electron chi connectivity index (χ3n) is 4.32. The second kappa shape index (κ2) is 5.75. The zero-order chi connectivity index (χ0) is 13.1. The van der Waals surface area contributed by atoms with Crippen LogP contribution in [0.1, 0.15) is 69.1 Å². The summed E-state index contributed by atoms with van der Waals surface area (Å²) in [6, 6.07) is 3.30. The minimum absolute atomic E-state index is 0.203. The number of aromatic nitrogens is 2. The van der Waals surface area contributed by atoms with Gasteiger partial charge in [0.25, 0.3) is 0 Å². The molecule has 4 heteroatoms. The Bertz CT molecular complexity index is 447. The van der Waals surface area contributed by atoms with Crippen LogP contribution in [0.15, 0.2) is 12.5 Å². The van der Waals surface area contributed by atoms with Gasteiger partial charge < -0.3 is 4.57 Å². The monoisotopic (exact) mass is 258 g/mol. The molecule has 4 nitrogen and oxygen atoms in total. The van der Waals surface area contributed by atoms with Crippen LogP contribution in [0.3, 0.4) is 0 Å². The molecule has 3 rings (SSSR count). The molecule has 0 aromatic carbocycles. The van der Waals surface area contributed by atoms with Crippen molar-refractivity contribution >= 4 is 0 Å². The Kier molecular flexibility index (Phi) is 3.84. The maximum atomic E-state index is 9.47. The molecule has 1 aromatic heterocycles. The van der Waals surface area contributed by atoms with E-state index in [1.54, 1.807) is 0 Å². The number of nitriles is 1. The lowest BCUT2D eigenvalue weighted by molar-refractivity contribution is 0.425. The Hall–Kier alpha value is -1.34. The van der Waals surface area contributed by atoms with Crippen molar-refractivity contribution in [3.05, 3.63) is 18.2 Å². The lowest BCUT2D eigenvalue weighted by Gasteiger charge is -2.21. The van der Waals surface area contributed by atoms with E-state index in [4.69, 9.17) is 0 Å². The Labute approximate surface area is 114 Å². The summed E-state index contributed by atoms with van der Waals surface area (Å²) in [4.78, 5) is 4.24. The van der Waals surface area contributed by atoms with Gasteiger partial charge >= 0.3 is 0 Å². The quantitative estimate of drug-likeness (QED) is 0.844. The molecule has 2 aliphatic carbocycles. The molecule has 0 amide bonds. The molecule has 1 unspecified atom stereocenters. The zero-order valence-electron chi connectivity index (χ0n) is 11.4. The second-order valence-corrected chi connectivity index (χ2v) is 5.87. The van der Waals surface area contributed by atoms with Gasteiger partial charge in [-0.25, -0.2) is 4.98 Å². The molecule has 1 heterocycles. The van der Waals surface area contributed by atoms with Gasteiger partial charge in [-0.15, -0.1) is 0 Å². The lowest BCUT2D eigenvalue weighted by Crippen LogP contribution is -2.32. The van der Waals surface area contributed by atoms with Crippen molar-refractivity contribution in [3.8, 4) is 6.07 Å². The fourth-order valence-corrected chi connectivity index (χ4v) is 3.07. The van der Waals surface area contributed by atoms with Gasteiger partial charge in [0.1, 0.15) is 6.04 Å². The first kappa shape index (κ1) is 12.7. The highest BCUT2D eigenvalue weighted by atomic mass is 15.1. The fourth-order valence-electron chi connectivity index (χ4n) is 3.07. The number of rotatable bonds is 4. The molecule has 2 saturated carbocycles. The summed E-state index contributed by atoms with van der Waals surface area (Å²) >= 11 is 0. The van der Waals surface area contributed by atoms with Crippen molar-refractivity contribution in [3.63, 3.8) is 0 Å². The Morgan fingerprint density at radius 2 is 1.95 bits per heavy atom. The zero-order valence-corrected chi connectivity index (χ0v) is 11.4. The van der Waals surface area contributed by atoms with E-state index in [0.29, 0.717) is 12.1 Å². The summed E-state index contributed by atoms with van der Waals surface area (Å²) in [7, 11) is 0. The molecular formula is C15H22N4. The van der Waals surface area contributed by atoms with Crippen LogP contribution >= 0.6 is 0 Å². The maximum absolute atomic E-state index is 9.47. The van der Waals surface area contributed by atoms with E-state index in [2.05, 4.69) is 20.9 Å². The summed E-state index contributed by atoms with van der Waals surface area (Å²) in [5.74, 6) is 0. The molecule has 102 valence electrons. The van der Waals surface area contributed by atoms with E-state index in [-0.39, 0.29) is 6.04 Å². The van der Waals surface area contributed by atoms with Crippen molar-refractivity contribution in [1.29, 1.82) is 5.26 Å². The molecule has 2 fully saturated rings. The summed E-state index contributed by atoms with van der Waals surface area (Å²) < 4.78 is 2.19. The summed E-state index contributed by atoms with van der Waals surface area (Å²) in [6.45, 7) is 0. The predicted molar refractivity (Wildman–Crippen MR) is 73.5 cm³/mol. The first-order valence-electron chi connectivity index (χ1n) is 7.56. The lowest BCUT2D eigenvalue weighted by atomic mass is 10.1. The molecule has 0 saturated heterocycles. The van der Waals surface area contributed by atoms with Gasteiger partial charge in [0, 0.05) is 12.1 Å². The fraction of sp³-hybridized carbons (Fsp3) is 0.733. The highest BCUT2D eigenvalue weighted by molar-refractivity contribution is 5.16. The number of hydrogen-bond acceptors (Lipinski definition) is 3. The maximum Gasteiger partial charge on any atom is 0.138 e. The van der Waals surface area contributed by atoms with Gasteiger partial charge in [-0.2, -0.15) is 5.26 Å². The van der Waals surface area contributed by atoms with Crippen LogP contribution in [0.25, 0.3) is 0 Å². The molecule has 2 aliphatic rings. The summed E-state index contributed by atoms with van der Waals surface area (Å²) in [5.41, 5.74) is 1.05. The van der Waals surface area contributed by atoms with E-state index in [9.17, 15) is 5.26 Å². The molecule has 0 radical (unpaired) electrons. The number of imidazole rings is 1. The Morgan fingerprint density at radius 3 is 2.58 bits per heavy atom. The van der Waals surface area contributed by atoms with Gasteiger partial charge in [-0.1, -0.05) is 25.7 Å². The second-order valence-electron chi connectivity index (χ2n) is 5.87. The van der Waals surface area contributed by atoms with Crippen LogP contribution in [0.4, 0.5) is 0 Å². The van der Waals surface area contributed by atoms with Crippen molar-refractivity contribution in [1.82, 2.24) is 14.9 Å². The van der Waals surface area contributed by atoms with E-state index in [1.807, 2.05) is 12.5 Å². The summed E-state index contributed by atoms with van der Waals surface area (Å²) in [5, 5.41) is 13.0. The number of nitrogens with one attached hydrogen (secondary N) is 1. The molecular weight excluding hydrogens is 236 g/mol. The number of nitrogens with zero attached hydrogens (tertiary/aromatic N) is 3. The predicted octanol–water partition coefficient (Wildman–Crippen LogP) is 3.10. The van der Waals surface area contributed by atoms with Crippen molar-refractivity contribution in [2.45, 2.75) is 69.5 Å². The molecule has 1 atom stereocenters. The first-order chi connectivity index (χ1) is 9.38. The standard InChI is InChI=1S/C15H22N4/c16-9-14(18-12-5-3-1-2-4-6-12)15-10-17-11-19(15)13-7-8-13/h10-14,18H,1-8H2. The van der Waals surface area contributed by atoms with E-state index in [1.165, 1.54) is 51.4 Å². The largest absolute Gasteiger partial charge is 0.329 e. The van der Waals surface area contributed by atoms with Gasteiger partial charge in [-0.05, 0) is 25.7 Å². The van der Waals surface area contributed by atoms with Gasteiger partial charge in [0.15, 0.2) is 0 Å². The molecule has 0 aliphatic heterocycles. The number of hydrogen-bond donors (Lipinski definition) is 1. The topological polar surface area (TPSA) is 53.6 Å². The normalized spacial score (nSPS) is 22.7. The van der Waals surface area contributed by atoms with Crippen molar-refractivity contribution in [2.75, 3.05) is 0 Å². The summed E-state index contributed by atoms with van der Waals surface area (Å²) in [6.07, 6.45) is 13.9. The first-order valence-corrected chi connectivity index (χ1v) is 7.56. The highest BCUT2D eigenvalue weighted by Crippen LogP contribution is 2.37. The van der Waals surface area contributed by atoms with Crippen molar-refractivity contribution in [2.24, 2.45) is 0 Å². The van der Waals surface area contributed by atoms with Gasteiger partial charge in [-0.3, -0.25) is 5.32 Å². The third-order valence-corrected chi connectivity index (χ3v) is 4.32. The van der Waals surface area contributed by atoms with E-state index in [0.717, 1.165) is 5.69 Å². The molecule has 0 spiro atoms. The Balaban J connectivity index is 1.69. The van der Waals surface area contributed by atoms with Crippen LogP contribution < -0.4 is 5.32 Å².